The van der Waals surface area contributed by atoms with Gasteiger partial charge in [-0.05, 0) is 24.8 Å². The van der Waals surface area contributed by atoms with Crippen molar-refractivity contribution in [3.8, 4) is 0 Å². The molecule has 0 saturated carbocycles. The highest BCUT2D eigenvalue weighted by atomic mass is 32.2. The molecule has 4 heterocycles. The summed E-state index contributed by atoms with van der Waals surface area (Å²) in [5.41, 5.74) is 0.759. The smallest absolute Gasteiger partial charge is 0.227 e. The van der Waals surface area contributed by atoms with E-state index in [0.717, 1.165) is 23.3 Å². The third-order valence-corrected chi connectivity index (χ3v) is 8.60. The largest absolute Gasteiger partial charge is 0.381 e. The first-order chi connectivity index (χ1) is 15.3. The van der Waals surface area contributed by atoms with Crippen molar-refractivity contribution >= 4 is 32.8 Å². The van der Waals surface area contributed by atoms with Gasteiger partial charge < -0.3 is 19.5 Å². The molecule has 1 amide bonds. The van der Waals surface area contributed by atoms with Crippen molar-refractivity contribution < 1.29 is 17.9 Å². The fourth-order valence-corrected chi connectivity index (χ4v) is 6.13. The van der Waals surface area contributed by atoms with Gasteiger partial charge in [-0.3, -0.25) is 4.79 Å². The van der Waals surface area contributed by atoms with Crippen LogP contribution < -0.4 is 4.90 Å². The van der Waals surface area contributed by atoms with E-state index in [9.17, 15) is 13.2 Å². The van der Waals surface area contributed by atoms with Gasteiger partial charge >= 0.3 is 0 Å². The van der Waals surface area contributed by atoms with Gasteiger partial charge in [0.25, 0.3) is 0 Å². The standard InChI is InChI=1S/C21H32N6O4S/c1-15-5-8-27(32(29,30)11-9-25(2)21(28)16-6-10-31-13-16)12-18(15)26(3)20-17-4-7-22-19(17)23-14-24-20/h4,7,14-16,18H,5-6,8-13H2,1-3H3,(H,22,23,24). The maximum Gasteiger partial charge on any atom is 0.227 e. The fraction of sp³-hybridized carbons (Fsp3) is 0.667. The van der Waals surface area contributed by atoms with Gasteiger partial charge in [0.05, 0.1) is 23.7 Å². The van der Waals surface area contributed by atoms with Gasteiger partial charge in [0.2, 0.25) is 15.9 Å². The number of aromatic nitrogens is 3. The van der Waals surface area contributed by atoms with Crippen LogP contribution in [0.2, 0.25) is 0 Å². The third kappa shape index (κ3) is 4.60. The third-order valence-electron chi connectivity index (χ3n) is 6.78. The number of carbonyl (C=O) groups is 1. The molecule has 3 unspecified atom stereocenters. The fourth-order valence-electron chi connectivity index (χ4n) is 4.61. The minimum Gasteiger partial charge on any atom is -0.381 e. The lowest BCUT2D eigenvalue weighted by Crippen LogP contribution is -2.53. The molecule has 0 aromatic carbocycles. The molecular formula is C21H32N6O4S. The van der Waals surface area contributed by atoms with Crippen LogP contribution in [-0.2, 0) is 19.6 Å². The van der Waals surface area contributed by atoms with Gasteiger partial charge in [0.1, 0.15) is 17.8 Å². The number of hydrogen-bond donors (Lipinski definition) is 1. The molecule has 2 fully saturated rings. The van der Waals surface area contributed by atoms with Crippen molar-refractivity contribution in [2.75, 3.05) is 57.6 Å². The highest BCUT2D eigenvalue weighted by Crippen LogP contribution is 2.29. The minimum absolute atomic E-state index is 0.0125. The Kier molecular flexibility index (Phi) is 6.68. The van der Waals surface area contributed by atoms with Gasteiger partial charge in [-0.15, -0.1) is 0 Å². The predicted molar refractivity (Wildman–Crippen MR) is 122 cm³/mol. The SMILES string of the molecule is CC1CCN(S(=O)(=O)CCN(C)C(=O)C2CCOC2)CC1N(C)c1ncnc2[nH]ccc12. The van der Waals surface area contributed by atoms with Crippen LogP contribution in [0.15, 0.2) is 18.6 Å². The summed E-state index contributed by atoms with van der Waals surface area (Å²) in [5, 5.41) is 0.915. The monoisotopic (exact) mass is 464 g/mol. The number of rotatable bonds is 7. The number of fused-ring (bicyclic) bond motifs is 1. The molecule has 2 aromatic rings. The van der Waals surface area contributed by atoms with Crippen LogP contribution in [0, 0.1) is 11.8 Å². The molecule has 10 nitrogen and oxygen atoms in total. The van der Waals surface area contributed by atoms with Crippen molar-refractivity contribution in [1.29, 1.82) is 0 Å². The molecule has 1 N–H and O–H groups in total. The van der Waals surface area contributed by atoms with Crippen molar-refractivity contribution in [1.82, 2.24) is 24.2 Å². The molecule has 0 aliphatic carbocycles. The second-order valence-corrected chi connectivity index (χ2v) is 11.0. The number of nitrogens with zero attached hydrogens (tertiary/aromatic N) is 5. The number of piperidine rings is 1. The zero-order valence-electron chi connectivity index (χ0n) is 18.9. The molecule has 32 heavy (non-hydrogen) atoms. The molecule has 2 aliphatic heterocycles. The number of amides is 1. The summed E-state index contributed by atoms with van der Waals surface area (Å²) < 4.78 is 33.1. The molecule has 0 spiro atoms. The van der Waals surface area contributed by atoms with Gasteiger partial charge in [0, 0.05) is 52.6 Å². The second-order valence-electron chi connectivity index (χ2n) is 8.88. The first-order valence-corrected chi connectivity index (χ1v) is 12.7. The summed E-state index contributed by atoms with van der Waals surface area (Å²) in [6, 6.07) is 1.92. The number of likely N-dealkylation sites (N-methyl/N-ethyl adjacent to an activating group) is 1. The molecule has 2 aliphatic rings. The molecule has 3 atom stereocenters. The summed E-state index contributed by atoms with van der Waals surface area (Å²) in [4.78, 5) is 27.9. The van der Waals surface area contributed by atoms with Crippen molar-refractivity contribution in [3.63, 3.8) is 0 Å². The van der Waals surface area contributed by atoms with E-state index >= 15 is 0 Å². The predicted octanol–water partition coefficient (Wildman–Crippen LogP) is 0.929. The van der Waals surface area contributed by atoms with E-state index in [1.165, 1.54) is 11.2 Å². The quantitative estimate of drug-likeness (QED) is 0.649. The lowest BCUT2D eigenvalue weighted by Gasteiger charge is -2.41. The van der Waals surface area contributed by atoms with E-state index in [1.54, 1.807) is 11.4 Å². The number of hydrogen-bond acceptors (Lipinski definition) is 7. The zero-order chi connectivity index (χ0) is 22.9. The van der Waals surface area contributed by atoms with Gasteiger partial charge in [-0.2, -0.15) is 4.31 Å². The molecule has 176 valence electrons. The summed E-state index contributed by atoms with van der Waals surface area (Å²) in [5.74, 6) is 0.818. The maximum atomic E-state index is 13.1. The molecule has 11 heteroatoms. The average molecular weight is 465 g/mol. The summed E-state index contributed by atoms with van der Waals surface area (Å²) in [7, 11) is 0.133. The normalized spacial score (nSPS) is 24.7. The Morgan fingerprint density at radius 2 is 2.12 bits per heavy atom. The molecule has 0 radical (unpaired) electrons. The van der Waals surface area contributed by atoms with Crippen LogP contribution in [0.1, 0.15) is 19.8 Å². The van der Waals surface area contributed by atoms with Crippen LogP contribution in [0.25, 0.3) is 11.0 Å². The number of ether oxygens (including phenoxy) is 1. The Morgan fingerprint density at radius 3 is 2.88 bits per heavy atom. The Labute approximate surface area is 189 Å². The van der Waals surface area contributed by atoms with Crippen LogP contribution in [0.4, 0.5) is 5.82 Å². The number of carbonyl (C=O) groups excluding carboxylic acids is 1. The number of anilines is 1. The Hall–Kier alpha value is -2.24. The van der Waals surface area contributed by atoms with E-state index in [0.29, 0.717) is 38.6 Å². The van der Waals surface area contributed by atoms with Crippen molar-refractivity contribution in [2.45, 2.75) is 25.8 Å². The number of sulfonamides is 1. The first-order valence-electron chi connectivity index (χ1n) is 11.1. The van der Waals surface area contributed by atoms with E-state index in [4.69, 9.17) is 4.74 Å². The topological polar surface area (TPSA) is 112 Å². The molecular weight excluding hydrogens is 432 g/mol. The second kappa shape index (κ2) is 9.32. The van der Waals surface area contributed by atoms with Crippen molar-refractivity contribution in [2.24, 2.45) is 11.8 Å². The Morgan fingerprint density at radius 1 is 1.31 bits per heavy atom. The molecule has 2 aromatic heterocycles. The van der Waals surface area contributed by atoms with Crippen LogP contribution in [0.3, 0.4) is 0 Å². The van der Waals surface area contributed by atoms with E-state index in [-0.39, 0.29) is 30.2 Å². The van der Waals surface area contributed by atoms with E-state index < -0.39 is 10.0 Å². The van der Waals surface area contributed by atoms with E-state index in [1.807, 2.05) is 19.3 Å². The van der Waals surface area contributed by atoms with Crippen LogP contribution >= 0.6 is 0 Å². The summed E-state index contributed by atoms with van der Waals surface area (Å²) in [6.45, 7) is 4.22. The lowest BCUT2D eigenvalue weighted by molar-refractivity contribution is -0.133. The molecule has 2 saturated heterocycles. The molecule has 4 rings (SSSR count). The van der Waals surface area contributed by atoms with Crippen LogP contribution in [0.5, 0.6) is 0 Å². The van der Waals surface area contributed by atoms with Crippen molar-refractivity contribution in [3.05, 3.63) is 18.6 Å². The highest BCUT2D eigenvalue weighted by Gasteiger charge is 2.36. The summed E-state index contributed by atoms with van der Waals surface area (Å²) in [6.07, 6.45) is 4.82. The van der Waals surface area contributed by atoms with Gasteiger partial charge in [-0.1, -0.05) is 6.92 Å². The summed E-state index contributed by atoms with van der Waals surface area (Å²) >= 11 is 0. The zero-order valence-corrected chi connectivity index (χ0v) is 19.7. The van der Waals surface area contributed by atoms with Gasteiger partial charge in [-0.25, -0.2) is 18.4 Å². The van der Waals surface area contributed by atoms with Gasteiger partial charge in [0.15, 0.2) is 0 Å². The van der Waals surface area contributed by atoms with Crippen LogP contribution in [-0.4, -0.2) is 97.2 Å². The Balaban J connectivity index is 1.42. The minimum atomic E-state index is -3.50. The first kappa shape index (κ1) is 22.9. The highest BCUT2D eigenvalue weighted by molar-refractivity contribution is 7.89. The lowest BCUT2D eigenvalue weighted by atomic mass is 9.93. The van der Waals surface area contributed by atoms with E-state index in [2.05, 4.69) is 26.8 Å². The Bertz CT molecular complexity index is 1050. The molecule has 0 bridgehead atoms. The number of H-pyrrole nitrogens is 1. The average Bonchev–Trinajstić information content (AvgIpc) is 3.48. The number of nitrogens with one attached hydrogen (secondary N) is 1. The maximum absolute atomic E-state index is 13.1. The number of aromatic amines is 1.